The molecule has 0 heterocycles. The summed E-state index contributed by atoms with van der Waals surface area (Å²) in [4.78, 5) is 21.9. The number of hydrogen-bond donors (Lipinski definition) is 0. The van der Waals surface area contributed by atoms with Crippen molar-refractivity contribution >= 4 is 22.1 Å². The molecule has 0 saturated heterocycles. The van der Waals surface area contributed by atoms with Crippen molar-refractivity contribution in [1.82, 2.24) is 0 Å². The summed E-state index contributed by atoms with van der Waals surface area (Å²) in [6.07, 6.45) is 0. The predicted octanol–water partition coefficient (Wildman–Crippen LogP) is -2.83. The van der Waals surface area contributed by atoms with E-state index in [1.807, 2.05) is 0 Å². The van der Waals surface area contributed by atoms with E-state index in [4.69, 9.17) is 0 Å². The first-order chi connectivity index (χ1) is 8.29. The molecule has 0 aliphatic carbocycles. The van der Waals surface area contributed by atoms with Crippen LogP contribution in [0.5, 0.6) is 0 Å². The van der Waals surface area contributed by atoms with Gasteiger partial charge < -0.3 is 14.0 Å². The molecule has 0 fully saturated rings. The molecule has 0 aliphatic rings. The first-order valence-electron chi connectivity index (χ1n) is 4.57. The van der Waals surface area contributed by atoms with Crippen molar-refractivity contribution in [1.29, 1.82) is 0 Å². The monoisotopic (exact) mass is 280 g/mol. The Balaban J connectivity index is 0.00000324. The minimum Gasteiger partial charge on any atom is -0.744 e. The fourth-order valence-corrected chi connectivity index (χ4v) is 1.76. The Kier molecular flexibility index (Phi) is 6.25. The fraction of sp³-hybridized carbons (Fsp3) is 0.200. The zero-order chi connectivity index (χ0) is 13.9. The number of benzene rings is 1. The summed E-state index contributed by atoms with van der Waals surface area (Å²) >= 11 is 0. The van der Waals surface area contributed by atoms with E-state index in [1.165, 1.54) is 0 Å². The maximum atomic E-state index is 11.3. The third-order valence-corrected chi connectivity index (χ3v) is 2.85. The SMILES string of the molecule is COC(=O)c1cc(C(=O)OC)cc(S(=O)(=O)[O-])c1.[Li+]. The molecule has 7 nitrogen and oxygen atoms in total. The van der Waals surface area contributed by atoms with Crippen LogP contribution in [-0.2, 0) is 19.6 Å². The molecule has 98 valence electrons. The number of esters is 2. The second-order valence-electron chi connectivity index (χ2n) is 3.18. The zero-order valence-electron chi connectivity index (χ0n) is 10.5. The van der Waals surface area contributed by atoms with Crippen molar-refractivity contribution in [2.75, 3.05) is 14.2 Å². The molecular formula is C10H9LiO7S. The third-order valence-electron chi connectivity index (χ3n) is 2.04. The minimum absolute atomic E-state index is 0. The molecule has 0 aromatic heterocycles. The van der Waals surface area contributed by atoms with Crippen LogP contribution < -0.4 is 18.9 Å². The standard InChI is InChI=1S/C10H10O7S.Li/c1-16-9(11)6-3-7(10(12)17-2)5-8(4-6)18(13,14)15;/h3-5H,1-2H3,(H,13,14,15);/q;+1/p-1. The number of ether oxygens (including phenoxy) is 2. The maximum Gasteiger partial charge on any atom is 1.00 e. The normalized spacial score (nSPS) is 10.3. The number of methoxy groups -OCH3 is 2. The van der Waals surface area contributed by atoms with Crippen LogP contribution in [0.4, 0.5) is 0 Å². The van der Waals surface area contributed by atoms with Gasteiger partial charge in [-0.05, 0) is 18.2 Å². The Morgan fingerprint density at radius 2 is 1.37 bits per heavy atom. The van der Waals surface area contributed by atoms with Crippen LogP contribution >= 0.6 is 0 Å². The summed E-state index contributed by atoms with van der Waals surface area (Å²) in [5.41, 5.74) is -0.454. The van der Waals surface area contributed by atoms with Crippen LogP contribution in [0, 0.1) is 0 Å². The molecule has 1 aromatic carbocycles. The molecule has 0 spiro atoms. The van der Waals surface area contributed by atoms with Gasteiger partial charge in [-0.3, -0.25) is 0 Å². The summed E-state index contributed by atoms with van der Waals surface area (Å²) in [6.45, 7) is 0. The smallest absolute Gasteiger partial charge is 0.744 e. The molecule has 19 heavy (non-hydrogen) atoms. The van der Waals surface area contributed by atoms with E-state index in [-0.39, 0.29) is 30.0 Å². The van der Waals surface area contributed by atoms with Gasteiger partial charge >= 0.3 is 30.8 Å². The Morgan fingerprint density at radius 3 is 1.63 bits per heavy atom. The van der Waals surface area contributed by atoms with Crippen LogP contribution in [0.1, 0.15) is 20.7 Å². The van der Waals surface area contributed by atoms with Gasteiger partial charge in [-0.2, -0.15) is 0 Å². The van der Waals surface area contributed by atoms with Crippen molar-refractivity contribution in [3.05, 3.63) is 29.3 Å². The van der Waals surface area contributed by atoms with Crippen molar-refractivity contribution < 1.29 is 50.9 Å². The Labute approximate surface area is 121 Å². The van der Waals surface area contributed by atoms with E-state index in [2.05, 4.69) is 9.47 Å². The van der Waals surface area contributed by atoms with E-state index in [0.29, 0.717) is 0 Å². The van der Waals surface area contributed by atoms with Gasteiger partial charge in [0.25, 0.3) is 0 Å². The minimum atomic E-state index is -4.80. The Hall–Kier alpha value is -1.33. The zero-order valence-corrected chi connectivity index (χ0v) is 11.3. The predicted molar refractivity (Wildman–Crippen MR) is 57.1 cm³/mol. The number of rotatable bonds is 3. The molecule has 0 bridgehead atoms. The summed E-state index contributed by atoms with van der Waals surface area (Å²) in [5.74, 6) is -1.74. The average molecular weight is 280 g/mol. The van der Waals surface area contributed by atoms with Crippen molar-refractivity contribution in [3.8, 4) is 0 Å². The van der Waals surface area contributed by atoms with Crippen LogP contribution in [0.3, 0.4) is 0 Å². The van der Waals surface area contributed by atoms with Gasteiger partial charge in [0, 0.05) is 0 Å². The molecule has 0 saturated carbocycles. The topological polar surface area (TPSA) is 110 Å². The molecule has 9 heteroatoms. The van der Waals surface area contributed by atoms with Gasteiger partial charge in [-0.15, -0.1) is 0 Å². The summed E-state index contributed by atoms with van der Waals surface area (Å²) < 4.78 is 41.5. The number of carbonyl (C=O) groups is 2. The maximum absolute atomic E-state index is 11.3. The van der Waals surface area contributed by atoms with Crippen LogP contribution in [0.25, 0.3) is 0 Å². The fourth-order valence-electron chi connectivity index (χ4n) is 1.21. The van der Waals surface area contributed by atoms with Crippen molar-refractivity contribution in [3.63, 3.8) is 0 Å². The van der Waals surface area contributed by atoms with Gasteiger partial charge in [0.2, 0.25) is 0 Å². The van der Waals surface area contributed by atoms with Crippen LogP contribution in [0.15, 0.2) is 23.1 Å². The molecule has 0 atom stereocenters. The summed E-state index contributed by atoms with van der Waals surface area (Å²) in [5, 5.41) is 0. The molecular weight excluding hydrogens is 271 g/mol. The number of hydrogen-bond acceptors (Lipinski definition) is 7. The van der Waals surface area contributed by atoms with Crippen LogP contribution in [-0.4, -0.2) is 39.1 Å². The van der Waals surface area contributed by atoms with Gasteiger partial charge in [0.1, 0.15) is 10.1 Å². The third kappa shape index (κ3) is 4.36. The second kappa shape index (κ2) is 6.72. The molecule has 0 unspecified atom stereocenters. The Bertz CT molecular complexity index is 560. The molecule has 0 aliphatic heterocycles. The summed E-state index contributed by atoms with van der Waals surface area (Å²) in [7, 11) is -2.63. The molecule has 0 radical (unpaired) electrons. The molecule has 0 amide bonds. The quantitative estimate of drug-likeness (QED) is 0.333. The first kappa shape index (κ1) is 17.7. The van der Waals surface area contributed by atoms with Crippen LogP contribution in [0.2, 0.25) is 0 Å². The van der Waals surface area contributed by atoms with Crippen molar-refractivity contribution in [2.45, 2.75) is 4.90 Å². The molecule has 1 rings (SSSR count). The van der Waals surface area contributed by atoms with Gasteiger partial charge in [0.15, 0.2) is 0 Å². The van der Waals surface area contributed by atoms with E-state index < -0.39 is 27.0 Å². The first-order valence-corrected chi connectivity index (χ1v) is 5.98. The molecule has 0 N–H and O–H groups in total. The van der Waals surface area contributed by atoms with Gasteiger partial charge in [-0.1, -0.05) is 0 Å². The summed E-state index contributed by atoms with van der Waals surface area (Å²) in [6, 6.07) is 2.74. The van der Waals surface area contributed by atoms with E-state index in [1.54, 1.807) is 0 Å². The van der Waals surface area contributed by atoms with Gasteiger partial charge in [-0.25, -0.2) is 18.0 Å². The van der Waals surface area contributed by atoms with Gasteiger partial charge in [0.05, 0.1) is 30.2 Å². The van der Waals surface area contributed by atoms with E-state index >= 15 is 0 Å². The second-order valence-corrected chi connectivity index (χ2v) is 4.56. The van der Waals surface area contributed by atoms with E-state index in [9.17, 15) is 22.6 Å². The van der Waals surface area contributed by atoms with Crippen molar-refractivity contribution in [2.24, 2.45) is 0 Å². The average Bonchev–Trinajstić information content (AvgIpc) is 2.35. The number of carbonyl (C=O) groups excluding carboxylic acids is 2. The Morgan fingerprint density at radius 1 is 1.00 bits per heavy atom. The molecule has 1 aromatic rings. The largest absolute Gasteiger partial charge is 1.00 e. The van der Waals surface area contributed by atoms with E-state index in [0.717, 1.165) is 32.4 Å².